The summed E-state index contributed by atoms with van der Waals surface area (Å²) >= 11 is 4.47. The Kier molecular flexibility index (Phi) is 4.01. The molecule has 7 heteroatoms. The summed E-state index contributed by atoms with van der Waals surface area (Å²) in [5, 5.41) is 1.74. The van der Waals surface area contributed by atoms with Crippen LogP contribution < -0.4 is 0 Å². The number of hydrogen-bond acceptors (Lipinski definition) is 2. The summed E-state index contributed by atoms with van der Waals surface area (Å²) in [6.45, 7) is 0.169. The Labute approximate surface area is 115 Å². The molecule has 1 aliphatic heterocycles. The first-order valence-corrected chi connectivity index (χ1v) is 7.16. The van der Waals surface area contributed by atoms with Crippen LogP contribution in [0.25, 0.3) is 0 Å². The molecule has 1 amide bonds. The van der Waals surface area contributed by atoms with Crippen LogP contribution in [0.2, 0.25) is 0 Å². The lowest BCUT2D eigenvalue weighted by atomic mass is 9.97. The number of likely N-dealkylation sites (tertiary alicyclic amines) is 1. The zero-order chi connectivity index (χ0) is 13.3. The molecular weight excluding hydrogens is 331 g/mol. The third kappa shape index (κ3) is 2.88. The Morgan fingerprint density at radius 3 is 2.78 bits per heavy atom. The fourth-order valence-corrected chi connectivity index (χ4v) is 3.53. The minimum absolute atomic E-state index is 0.110. The van der Waals surface area contributed by atoms with Gasteiger partial charge in [-0.05, 0) is 40.2 Å². The molecule has 1 fully saturated rings. The highest BCUT2D eigenvalue weighted by molar-refractivity contribution is 9.10. The van der Waals surface area contributed by atoms with Gasteiger partial charge in [0, 0.05) is 17.6 Å². The standard InChI is InChI=1S/C11H11BrF3NOS/c12-8-3-5-18-9(8)10(17)16-4-1-2-7(6-16)11(13,14)15/h3,5,7H,1-2,4,6H2. The fourth-order valence-electron chi connectivity index (χ4n) is 2.02. The third-order valence-corrected chi connectivity index (χ3v) is 4.81. The van der Waals surface area contributed by atoms with Gasteiger partial charge in [-0.15, -0.1) is 11.3 Å². The van der Waals surface area contributed by atoms with E-state index in [0.717, 1.165) is 0 Å². The molecule has 0 spiro atoms. The van der Waals surface area contributed by atoms with Gasteiger partial charge < -0.3 is 4.90 Å². The zero-order valence-electron chi connectivity index (χ0n) is 9.34. The molecule has 2 rings (SSSR count). The topological polar surface area (TPSA) is 20.3 Å². The van der Waals surface area contributed by atoms with E-state index >= 15 is 0 Å². The molecular formula is C11H11BrF3NOS. The molecule has 0 aliphatic carbocycles. The van der Waals surface area contributed by atoms with Gasteiger partial charge in [-0.3, -0.25) is 4.79 Å². The van der Waals surface area contributed by atoms with E-state index in [1.807, 2.05) is 0 Å². The summed E-state index contributed by atoms with van der Waals surface area (Å²) in [5.74, 6) is -1.71. The monoisotopic (exact) mass is 341 g/mol. The normalized spacial score (nSPS) is 21.1. The number of nitrogens with zero attached hydrogens (tertiary/aromatic N) is 1. The predicted molar refractivity (Wildman–Crippen MR) is 66.7 cm³/mol. The van der Waals surface area contributed by atoms with E-state index in [9.17, 15) is 18.0 Å². The second-order valence-corrected chi connectivity index (χ2v) is 6.00. The van der Waals surface area contributed by atoms with Crippen LogP contribution in [-0.2, 0) is 0 Å². The number of rotatable bonds is 1. The van der Waals surface area contributed by atoms with E-state index in [4.69, 9.17) is 0 Å². The first-order valence-electron chi connectivity index (χ1n) is 5.48. The van der Waals surface area contributed by atoms with Gasteiger partial charge in [0.2, 0.25) is 0 Å². The minimum atomic E-state index is -4.22. The molecule has 0 aromatic carbocycles. The Morgan fingerprint density at radius 1 is 1.50 bits per heavy atom. The average molecular weight is 342 g/mol. The van der Waals surface area contributed by atoms with E-state index in [2.05, 4.69) is 15.9 Å². The minimum Gasteiger partial charge on any atom is -0.337 e. The maximum Gasteiger partial charge on any atom is 0.393 e. The van der Waals surface area contributed by atoms with E-state index in [1.54, 1.807) is 11.4 Å². The summed E-state index contributed by atoms with van der Waals surface area (Å²) < 4.78 is 38.6. The van der Waals surface area contributed by atoms with Crippen LogP contribution in [0, 0.1) is 5.92 Å². The van der Waals surface area contributed by atoms with Gasteiger partial charge in [-0.25, -0.2) is 0 Å². The molecule has 2 nitrogen and oxygen atoms in total. The molecule has 100 valence electrons. The van der Waals surface area contributed by atoms with Crippen molar-refractivity contribution in [3.63, 3.8) is 0 Å². The SMILES string of the molecule is O=C(c1sccc1Br)N1CCCC(C(F)(F)F)C1. The second-order valence-electron chi connectivity index (χ2n) is 4.23. The van der Waals surface area contributed by atoms with Crippen LogP contribution in [-0.4, -0.2) is 30.1 Å². The summed E-state index contributed by atoms with van der Waals surface area (Å²) in [4.78, 5) is 13.9. The number of alkyl halides is 3. The molecule has 1 aromatic heterocycles. The zero-order valence-corrected chi connectivity index (χ0v) is 11.7. The number of halogens is 4. The largest absolute Gasteiger partial charge is 0.393 e. The molecule has 1 atom stereocenters. The number of amides is 1. The molecule has 2 heterocycles. The van der Waals surface area contributed by atoms with Crippen molar-refractivity contribution < 1.29 is 18.0 Å². The van der Waals surface area contributed by atoms with Crippen molar-refractivity contribution >= 4 is 33.2 Å². The Bertz CT molecular complexity index is 446. The van der Waals surface area contributed by atoms with Gasteiger partial charge in [0.25, 0.3) is 5.91 Å². The van der Waals surface area contributed by atoms with Crippen LogP contribution in [0.4, 0.5) is 13.2 Å². The van der Waals surface area contributed by atoms with E-state index in [1.165, 1.54) is 16.2 Å². The van der Waals surface area contributed by atoms with Crippen molar-refractivity contribution in [3.05, 3.63) is 20.8 Å². The summed E-state index contributed by atoms with van der Waals surface area (Å²) in [6, 6.07) is 1.73. The van der Waals surface area contributed by atoms with Crippen molar-refractivity contribution in [1.29, 1.82) is 0 Å². The van der Waals surface area contributed by atoms with Gasteiger partial charge in [0.05, 0.1) is 5.92 Å². The molecule has 0 N–H and O–H groups in total. The number of hydrogen-bond donors (Lipinski definition) is 0. The first kappa shape index (κ1) is 13.9. The molecule has 1 aliphatic rings. The summed E-state index contributed by atoms with van der Waals surface area (Å²) in [5.41, 5.74) is 0. The fraction of sp³-hybridized carbons (Fsp3) is 0.545. The van der Waals surface area contributed by atoms with Crippen molar-refractivity contribution in [1.82, 2.24) is 4.90 Å². The van der Waals surface area contributed by atoms with Gasteiger partial charge >= 0.3 is 6.18 Å². The molecule has 1 unspecified atom stereocenters. The lowest BCUT2D eigenvalue weighted by Gasteiger charge is -2.33. The smallest absolute Gasteiger partial charge is 0.337 e. The lowest BCUT2D eigenvalue weighted by molar-refractivity contribution is -0.184. The Balaban J connectivity index is 2.10. The molecule has 18 heavy (non-hydrogen) atoms. The van der Waals surface area contributed by atoms with Gasteiger partial charge in [0.15, 0.2) is 0 Å². The van der Waals surface area contributed by atoms with Crippen molar-refractivity contribution in [3.8, 4) is 0 Å². The number of thiophene rings is 1. The average Bonchev–Trinajstić information content (AvgIpc) is 2.73. The van der Waals surface area contributed by atoms with Crippen LogP contribution in [0.15, 0.2) is 15.9 Å². The Hall–Kier alpha value is -0.560. The van der Waals surface area contributed by atoms with E-state index in [-0.39, 0.29) is 18.9 Å². The van der Waals surface area contributed by atoms with Crippen molar-refractivity contribution in [2.24, 2.45) is 5.92 Å². The second kappa shape index (κ2) is 5.21. The quantitative estimate of drug-likeness (QED) is 0.757. The van der Waals surface area contributed by atoms with Crippen LogP contribution >= 0.6 is 27.3 Å². The maximum absolute atomic E-state index is 12.7. The Morgan fingerprint density at radius 2 is 2.22 bits per heavy atom. The number of carbonyl (C=O) groups is 1. The number of carbonyl (C=O) groups excluding carboxylic acids is 1. The summed E-state index contributed by atoms with van der Waals surface area (Å²) in [6.07, 6.45) is -3.70. The highest BCUT2D eigenvalue weighted by atomic mass is 79.9. The van der Waals surface area contributed by atoms with Gasteiger partial charge in [0.1, 0.15) is 4.88 Å². The molecule has 1 aromatic rings. The molecule has 1 saturated heterocycles. The first-order chi connectivity index (χ1) is 8.39. The van der Waals surface area contributed by atoms with Crippen LogP contribution in [0.1, 0.15) is 22.5 Å². The lowest BCUT2D eigenvalue weighted by Crippen LogP contribution is -2.44. The molecule has 0 radical (unpaired) electrons. The van der Waals surface area contributed by atoms with Gasteiger partial charge in [-0.2, -0.15) is 13.2 Å². The maximum atomic E-state index is 12.7. The third-order valence-electron chi connectivity index (χ3n) is 2.98. The van der Waals surface area contributed by atoms with Crippen molar-refractivity contribution in [2.45, 2.75) is 19.0 Å². The number of piperidine rings is 1. The molecule has 0 saturated carbocycles. The van der Waals surface area contributed by atoms with Crippen LogP contribution in [0.5, 0.6) is 0 Å². The van der Waals surface area contributed by atoms with Crippen molar-refractivity contribution in [2.75, 3.05) is 13.1 Å². The van der Waals surface area contributed by atoms with Crippen LogP contribution in [0.3, 0.4) is 0 Å². The highest BCUT2D eigenvalue weighted by Gasteiger charge is 2.42. The molecule has 0 bridgehead atoms. The van der Waals surface area contributed by atoms with E-state index in [0.29, 0.717) is 22.3 Å². The highest BCUT2D eigenvalue weighted by Crippen LogP contribution is 2.34. The predicted octanol–water partition coefficient (Wildman–Crippen LogP) is 3.93. The summed E-state index contributed by atoms with van der Waals surface area (Å²) in [7, 11) is 0. The van der Waals surface area contributed by atoms with Gasteiger partial charge in [-0.1, -0.05) is 0 Å². The van der Waals surface area contributed by atoms with E-state index < -0.39 is 12.1 Å².